The fourth-order valence-electron chi connectivity index (χ4n) is 8.77. The standard InChI is InChI=1S/C45H56N8O9.ClH/c1-4-34-45(59)51(2)36-26-47-38(49-41(36)53(34)30-10-5-6-11-30)25-28-15-16-29(24-37(28)60-3)42(56)46-19-21-62-23-22-61-20-8-7-14-39(54)48-33-13-9-12-31-32(33)27-52(44(31)58)35-17-18-40(55)50-43(35)57;/h9,12-13,15-16,24,26,30,34-35H,4-8,10-11,14,17-23,25,27H2,1-3H3,(H,46,56)(H,48,54)(H,50,55,57);1H/t34-,35?;/m1./s1. The summed E-state index contributed by atoms with van der Waals surface area (Å²) in [6, 6.07) is 9.74. The number of likely N-dealkylation sites (N-methyl/N-ethyl adjacent to an activating group) is 1. The Morgan fingerprint density at radius 2 is 1.75 bits per heavy atom. The first-order valence-corrected chi connectivity index (χ1v) is 21.7. The molecule has 2 fully saturated rings. The van der Waals surface area contributed by atoms with Crippen LogP contribution in [0.15, 0.2) is 42.6 Å². The van der Waals surface area contributed by atoms with E-state index in [9.17, 15) is 28.8 Å². The van der Waals surface area contributed by atoms with Gasteiger partial charge in [-0.3, -0.25) is 34.1 Å². The number of aromatic nitrogens is 2. The molecule has 0 radical (unpaired) electrons. The maximum absolute atomic E-state index is 13.3. The van der Waals surface area contributed by atoms with Crippen molar-refractivity contribution in [2.75, 3.05) is 62.2 Å². The molecule has 338 valence electrons. The number of benzene rings is 2. The lowest BCUT2D eigenvalue weighted by Crippen LogP contribution is -2.55. The van der Waals surface area contributed by atoms with Crippen molar-refractivity contribution in [2.24, 2.45) is 0 Å². The zero-order valence-corrected chi connectivity index (χ0v) is 36.9. The monoisotopic (exact) mass is 888 g/mol. The highest BCUT2D eigenvalue weighted by atomic mass is 35.5. The van der Waals surface area contributed by atoms with E-state index in [-0.39, 0.29) is 79.8 Å². The number of halogens is 1. The van der Waals surface area contributed by atoms with Gasteiger partial charge in [0.25, 0.3) is 11.8 Å². The van der Waals surface area contributed by atoms with Gasteiger partial charge >= 0.3 is 0 Å². The van der Waals surface area contributed by atoms with Gasteiger partial charge in [-0.25, -0.2) is 9.97 Å². The highest BCUT2D eigenvalue weighted by Gasteiger charge is 2.42. The number of carbonyl (C=O) groups excluding carboxylic acids is 6. The van der Waals surface area contributed by atoms with Gasteiger partial charge in [0.15, 0.2) is 5.82 Å². The Morgan fingerprint density at radius 3 is 2.49 bits per heavy atom. The second-order valence-corrected chi connectivity index (χ2v) is 16.1. The minimum Gasteiger partial charge on any atom is -0.496 e. The van der Waals surface area contributed by atoms with Crippen molar-refractivity contribution in [3.63, 3.8) is 0 Å². The van der Waals surface area contributed by atoms with E-state index in [0.717, 1.165) is 42.8 Å². The van der Waals surface area contributed by atoms with Gasteiger partial charge in [0.2, 0.25) is 23.6 Å². The Morgan fingerprint density at radius 1 is 0.968 bits per heavy atom. The number of fused-ring (bicyclic) bond motifs is 2. The number of piperidine rings is 1. The number of nitrogens with one attached hydrogen (secondary N) is 3. The van der Waals surface area contributed by atoms with Gasteiger partial charge in [0, 0.05) is 80.0 Å². The molecule has 1 unspecified atom stereocenters. The highest BCUT2D eigenvalue weighted by Crippen LogP contribution is 2.40. The molecule has 0 spiro atoms. The molecule has 7 rings (SSSR count). The number of imide groups is 1. The van der Waals surface area contributed by atoms with Crippen LogP contribution in [0.4, 0.5) is 17.2 Å². The lowest BCUT2D eigenvalue weighted by Gasteiger charge is -2.43. The maximum Gasteiger partial charge on any atom is 0.255 e. The van der Waals surface area contributed by atoms with Crippen LogP contribution in [0.3, 0.4) is 0 Å². The summed E-state index contributed by atoms with van der Waals surface area (Å²) in [5.41, 5.74) is 3.65. The number of ether oxygens (including phenoxy) is 3. The van der Waals surface area contributed by atoms with Crippen LogP contribution in [0.25, 0.3) is 0 Å². The van der Waals surface area contributed by atoms with Crippen molar-refractivity contribution >= 4 is 65.0 Å². The fourth-order valence-corrected chi connectivity index (χ4v) is 8.77. The lowest BCUT2D eigenvalue weighted by molar-refractivity contribution is -0.137. The maximum atomic E-state index is 13.3. The van der Waals surface area contributed by atoms with Crippen LogP contribution < -0.4 is 30.5 Å². The van der Waals surface area contributed by atoms with Crippen LogP contribution in [-0.2, 0) is 41.6 Å². The van der Waals surface area contributed by atoms with Gasteiger partial charge in [0.05, 0.1) is 33.1 Å². The third-order valence-corrected chi connectivity index (χ3v) is 12.1. The minimum atomic E-state index is -0.724. The normalized spacial score (nSPS) is 18.5. The summed E-state index contributed by atoms with van der Waals surface area (Å²) in [5, 5.41) is 8.09. The quantitative estimate of drug-likeness (QED) is 0.114. The zero-order chi connectivity index (χ0) is 43.8. The molecule has 2 atom stereocenters. The molecule has 2 aromatic carbocycles. The number of methoxy groups -OCH3 is 1. The molecule has 0 bridgehead atoms. The predicted molar refractivity (Wildman–Crippen MR) is 236 cm³/mol. The molecule has 17 nitrogen and oxygen atoms in total. The second-order valence-electron chi connectivity index (χ2n) is 16.1. The molecule has 63 heavy (non-hydrogen) atoms. The van der Waals surface area contributed by atoms with E-state index in [4.69, 9.17) is 19.2 Å². The summed E-state index contributed by atoms with van der Waals surface area (Å²) in [4.78, 5) is 91.0. The van der Waals surface area contributed by atoms with E-state index in [1.54, 1.807) is 55.6 Å². The number of anilines is 3. The summed E-state index contributed by atoms with van der Waals surface area (Å²) in [7, 11) is 3.36. The molecule has 1 aliphatic carbocycles. The molecule has 3 aromatic rings. The van der Waals surface area contributed by atoms with Gasteiger partial charge < -0.3 is 39.5 Å². The SMILES string of the molecule is CC[C@@H]1C(=O)N(C)c2cnc(Cc3ccc(C(=O)NCCOCCOCCCCC(=O)Nc4cccc5c4CN(C4CCC(=O)NC4=O)C5=O)cc3OC)nc2N1C1CCCC1.Cl. The van der Waals surface area contributed by atoms with Crippen molar-refractivity contribution in [2.45, 2.75) is 102 Å². The molecule has 1 aromatic heterocycles. The number of hydrogen-bond acceptors (Lipinski definition) is 12. The highest BCUT2D eigenvalue weighted by molar-refractivity contribution is 6.07. The van der Waals surface area contributed by atoms with E-state index in [1.807, 2.05) is 13.0 Å². The van der Waals surface area contributed by atoms with E-state index in [0.29, 0.717) is 92.6 Å². The van der Waals surface area contributed by atoms with Crippen molar-refractivity contribution in [3.8, 4) is 5.75 Å². The Balaban J connectivity index is 0.00000661. The van der Waals surface area contributed by atoms with E-state index < -0.39 is 11.9 Å². The Kier molecular flexibility index (Phi) is 16.1. The first-order chi connectivity index (χ1) is 30.1. The predicted octanol–water partition coefficient (Wildman–Crippen LogP) is 4.33. The zero-order valence-electron chi connectivity index (χ0n) is 36.1. The van der Waals surface area contributed by atoms with Crippen molar-refractivity contribution in [3.05, 3.63) is 70.7 Å². The first kappa shape index (κ1) is 46.8. The second kappa shape index (κ2) is 21.6. The number of nitrogens with zero attached hydrogens (tertiary/aromatic N) is 5. The van der Waals surface area contributed by atoms with Crippen LogP contribution in [0.5, 0.6) is 5.75 Å². The molecule has 1 saturated heterocycles. The average Bonchev–Trinajstić information content (AvgIpc) is 3.92. The van der Waals surface area contributed by atoms with E-state index in [1.165, 1.54) is 4.90 Å². The van der Waals surface area contributed by atoms with Gasteiger partial charge in [-0.2, -0.15) is 0 Å². The van der Waals surface area contributed by atoms with Gasteiger partial charge in [-0.15, -0.1) is 12.4 Å². The molecule has 1 saturated carbocycles. The molecular formula is C45H57ClN8O9. The number of carbonyl (C=O) groups is 6. The topological polar surface area (TPSA) is 202 Å². The van der Waals surface area contributed by atoms with E-state index >= 15 is 0 Å². The van der Waals surface area contributed by atoms with Crippen molar-refractivity contribution < 1.29 is 43.0 Å². The number of unbranched alkanes of at least 4 members (excludes halogenated alkanes) is 1. The first-order valence-electron chi connectivity index (χ1n) is 21.7. The van der Waals surface area contributed by atoms with Crippen LogP contribution in [0.1, 0.15) is 109 Å². The van der Waals surface area contributed by atoms with Crippen LogP contribution in [0, 0.1) is 0 Å². The van der Waals surface area contributed by atoms with Crippen LogP contribution in [0.2, 0.25) is 0 Å². The third-order valence-electron chi connectivity index (χ3n) is 12.1. The smallest absolute Gasteiger partial charge is 0.255 e. The Hall–Kier alpha value is -5.65. The molecule has 6 amide bonds. The molecular weight excluding hydrogens is 832 g/mol. The van der Waals surface area contributed by atoms with Gasteiger partial charge in [-0.1, -0.05) is 31.9 Å². The van der Waals surface area contributed by atoms with Gasteiger partial charge in [0.1, 0.15) is 29.3 Å². The lowest BCUT2D eigenvalue weighted by atomic mass is 10.0. The summed E-state index contributed by atoms with van der Waals surface area (Å²) in [6.45, 7) is 4.01. The van der Waals surface area contributed by atoms with E-state index in [2.05, 4.69) is 25.8 Å². The van der Waals surface area contributed by atoms with Crippen molar-refractivity contribution in [1.29, 1.82) is 0 Å². The van der Waals surface area contributed by atoms with Crippen LogP contribution in [-0.4, -0.2) is 116 Å². The molecule has 4 aliphatic rings. The average molecular weight is 889 g/mol. The molecule has 18 heteroatoms. The number of rotatable bonds is 19. The summed E-state index contributed by atoms with van der Waals surface area (Å²) in [5.74, 6) is 0.478. The Labute approximate surface area is 373 Å². The minimum absolute atomic E-state index is 0. The fraction of sp³-hybridized carbons (Fsp3) is 0.511. The number of amides is 6. The molecule has 4 heterocycles. The Bertz CT molecular complexity index is 2180. The molecule has 3 N–H and O–H groups in total. The summed E-state index contributed by atoms with van der Waals surface area (Å²) in [6.07, 6.45) is 9.19. The number of hydrogen-bond donors (Lipinski definition) is 3. The van der Waals surface area contributed by atoms with Gasteiger partial charge in [-0.05, 0) is 62.8 Å². The molecule has 3 aliphatic heterocycles. The van der Waals surface area contributed by atoms with Crippen molar-refractivity contribution in [1.82, 2.24) is 25.5 Å². The summed E-state index contributed by atoms with van der Waals surface area (Å²) < 4.78 is 17.0. The third kappa shape index (κ3) is 10.8. The van der Waals surface area contributed by atoms with Crippen LogP contribution >= 0.6 is 12.4 Å². The largest absolute Gasteiger partial charge is 0.496 e. The summed E-state index contributed by atoms with van der Waals surface area (Å²) >= 11 is 0.